The van der Waals surface area contributed by atoms with E-state index < -0.39 is 0 Å². The van der Waals surface area contributed by atoms with Crippen molar-refractivity contribution in [3.05, 3.63) is 32.7 Å². The molecular formula is C17H19Br2NO. The molecule has 0 saturated heterocycles. The standard InChI is InChI=1S/C17H19Br2NO/c18-10-4-5-15(19)14(8-10)17(21)20-16-7-9-6-13(16)12-3-1-2-11(9)12/h4-5,8-9,11-13,16H,1-3,6-7H2,(H,20,21). The van der Waals surface area contributed by atoms with Crippen molar-refractivity contribution >= 4 is 37.8 Å². The van der Waals surface area contributed by atoms with Crippen LogP contribution in [0.25, 0.3) is 0 Å². The van der Waals surface area contributed by atoms with Crippen LogP contribution in [-0.2, 0) is 0 Å². The van der Waals surface area contributed by atoms with E-state index in [1.807, 2.05) is 18.2 Å². The maximum Gasteiger partial charge on any atom is 0.252 e. The Morgan fingerprint density at radius 1 is 1.10 bits per heavy atom. The summed E-state index contributed by atoms with van der Waals surface area (Å²) in [6.45, 7) is 0. The number of carbonyl (C=O) groups excluding carboxylic acids is 1. The third-order valence-electron chi connectivity index (χ3n) is 5.92. The summed E-state index contributed by atoms with van der Waals surface area (Å²) in [6.07, 6.45) is 6.77. The van der Waals surface area contributed by atoms with Crippen LogP contribution in [0.3, 0.4) is 0 Å². The van der Waals surface area contributed by atoms with Crippen LogP contribution in [0.4, 0.5) is 0 Å². The molecule has 1 N–H and O–H groups in total. The minimum absolute atomic E-state index is 0.0651. The van der Waals surface area contributed by atoms with Crippen molar-refractivity contribution in [1.82, 2.24) is 5.32 Å². The molecule has 4 rings (SSSR count). The van der Waals surface area contributed by atoms with Gasteiger partial charge >= 0.3 is 0 Å². The molecule has 112 valence electrons. The van der Waals surface area contributed by atoms with E-state index in [2.05, 4.69) is 37.2 Å². The van der Waals surface area contributed by atoms with Gasteiger partial charge in [0, 0.05) is 15.0 Å². The van der Waals surface area contributed by atoms with E-state index in [1.165, 1.54) is 32.1 Å². The first-order valence-corrected chi connectivity index (χ1v) is 9.48. The molecule has 1 aromatic carbocycles. The molecule has 21 heavy (non-hydrogen) atoms. The molecule has 3 fully saturated rings. The molecule has 0 spiro atoms. The second kappa shape index (κ2) is 5.38. The van der Waals surface area contributed by atoms with E-state index in [9.17, 15) is 4.79 Å². The van der Waals surface area contributed by atoms with Gasteiger partial charge < -0.3 is 5.32 Å². The summed E-state index contributed by atoms with van der Waals surface area (Å²) < 4.78 is 1.81. The first-order chi connectivity index (χ1) is 10.1. The Morgan fingerprint density at radius 3 is 2.76 bits per heavy atom. The fourth-order valence-electron chi connectivity index (χ4n) is 5.15. The molecule has 5 atom stereocenters. The van der Waals surface area contributed by atoms with Gasteiger partial charge in [0.2, 0.25) is 0 Å². The van der Waals surface area contributed by atoms with Crippen LogP contribution in [0, 0.1) is 23.7 Å². The van der Waals surface area contributed by atoms with Gasteiger partial charge in [-0.05, 0) is 83.5 Å². The third kappa shape index (κ3) is 2.39. The highest BCUT2D eigenvalue weighted by atomic mass is 79.9. The summed E-state index contributed by atoms with van der Waals surface area (Å²) >= 11 is 6.93. The fraction of sp³-hybridized carbons (Fsp3) is 0.588. The first-order valence-electron chi connectivity index (χ1n) is 7.89. The number of hydrogen-bond donors (Lipinski definition) is 1. The van der Waals surface area contributed by atoms with Crippen molar-refractivity contribution in [2.45, 2.75) is 38.1 Å². The summed E-state index contributed by atoms with van der Waals surface area (Å²) in [6, 6.07) is 6.16. The zero-order chi connectivity index (χ0) is 14.6. The second-order valence-electron chi connectivity index (χ2n) is 6.86. The molecule has 0 aliphatic heterocycles. The lowest BCUT2D eigenvalue weighted by molar-refractivity contribution is 0.0900. The molecule has 1 aromatic rings. The predicted octanol–water partition coefficient (Wildman–Crippen LogP) is 4.77. The van der Waals surface area contributed by atoms with E-state index in [0.29, 0.717) is 6.04 Å². The van der Waals surface area contributed by atoms with Crippen LogP contribution in [0.1, 0.15) is 42.5 Å². The van der Waals surface area contributed by atoms with E-state index in [0.717, 1.165) is 38.2 Å². The summed E-state index contributed by atoms with van der Waals surface area (Å²) in [4.78, 5) is 12.6. The van der Waals surface area contributed by atoms with Crippen molar-refractivity contribution < 1.29 is 4.79 Å². The highest BCUT2D eigenvalue weighted by Crippen LogP contribution is 2.58. The molecule has 3 aliphatic carbocycles. The lowest BCUT2D eigenvalue weighted by Gasteiger charge is -2.32. The molecule has 0 heterocycles. The predicted molar refractivity (Wildman–Crippen MR) is 90.1 cm³/mol. The van der Waals surface area contributed by atoms with Gasteiger partial charge in [-0.1, -0.05) is 22.4 Å². The minimum atomic E-state index is 0.0651. The molecule has 1 amide bonds. The van der Waals surface area contributed by atoms with Crippen molar-refractivity contribution in [2.75, 3.05) is 0 Å². The smallest absolute Gasteiger partial charge is 0.252 e. The molecule has 4 heteroatoms. The number of carbonyl (C=O) groups is 1. The molecule has 5 unspecified atom stereocenters. The van der Waals surface area contributed by atoms with Gasteiger partial charge in [0.25, 0.3) is 5.91 Å². The number of fused-ring (bicyclic) bond motifs is 5. The lowest BCUT2D eigenvalue weighted by Crippen LogP contribution is -2.42. The van der Waals surface area contributed by atoms with Crippen molar-refractivity contribution in [3.63, 3.8) is 0 Å². The zero-order valence-corrected chi connectivity index (χ0v) is 15.0. The Balaban J connectivity index is 1.50. The van der Waals surface area contributed by atoms with Crippen molar-refractivity contribution in [1.29, 1.82) is 0 Å². The topological polar surface area (TPSA) is 29.1 Å². The summed E-state index contributed by atoms with van der Waals surface area (Å²) in [7, 11) is 0. The monoisotopic (exact) mass is 411 g/mol. The van der Waals surface area contributed by atoms with Crippen LogP contribution in [-0.4, -0.2) is 11.9 Å². The minimum Gasteiger partial charge on any atom is -0.349 e. The number of halogens is 2. The van der Waals surface area contributed by atoms with Crippen LogP contribution in [0.2, 0.25) is 0 Å². The average molecular weight is 413 g/mol. The summed E-state index contributed by atoms with van der Waals surface area (Å²) in [5, 5.41) is 3.32. The number of amides is 1. The Bertz CT molecular complexity index is 588. The lowest BCUT2D eigenvalue weighted by atomic mass is 9.79. The van der Waals surface area contributed by atoms with Gasteiger partial charge in [-0.15, -0.1) is 0 Å². The van der Waals surface area contributed by atoms with Crippen LogP contribution in [0.15, 0.2) is 27.1 Å². The SMILES string of the molecule is O=C(NC1CC2CC1C1CCCC21)c1cc(Br)ccc1Br. The molecule has 0 aromatic heterocycles. The van der Waals surface area contributed by atoms with Crippen LogP contribution < -0.4 is 5.32 Å². The Hall–Kier alpha value is -0.350. The quantitative estimate of drug-likeness (QED) is 0.744. The maximum atomic E-state index is 12.6. The highest BCUT2D eigenvalue weighted by Gasteiger charge is 2.54. The fourth-order valence-corrected chi connectivity index (χ4v) is 5.94. The second-order valence-corrected chi connectivity index (χ2v) is 8.63. The van der Waals surface area contributed by atoms with Gasteiger partial charge in [0.05, 0.1) is 5.56 Å². The van der Waals surface area contributed by atoms with E-state index in [-0.39, 0.29) is 5.91 Å². The van der Waals surface area contributed by atoms with E-state index >= 15 is 0 Å². The molecule has 2 bridgehead atoms. The first kappa shape index (κ1) is 14.3. The van der Waals surface area contributed by atoms with Crippen LogP contribution >= 0.6 is 31.9 Å². The molecule has 3 aliphatic rings. The van der Waals surface area contributed by atoms with Gasteiger partial charge in [-0.3, -0.25) is 4.79 Å². The van der Waals surface area contributed by atoms with Crippen molar-refractivity contribution in [3.8, 4) is 0 Å². The molecule has 3 saturated carbocycles. The van der Waals surface area contributed by atoms with Crippen molar-refractivity contribution in [2.24, 2.45) is 23.7 Å². The number of nitrogens with one attached hydrogen (secondary N) is 1. The Morgan fingerprint density at radius 2 is 1.90 bits per heavy atom. The summed E-state index contributed by atoms with van der Waals surface area (Å²) in [5.41, 5.74) is 0.732. The molecule has 0 radical (unpaired) electrons. The molecular weight excluding hydrogens is 394 g/mol. The van der Waals surface area contributed by atoms with Crippen LogP contribution in [0.5, 0.6) is 0 Å². The Labute approximate surface area is 142 Å². The van der Waals surface area contributed by atoms with Gasteiger partial charge in [0.15, 0.2) is 0 Å². The van der Waals surface area contributed by atoms with E-state index in [4.69, 9.17) is 0 Å². The van der Waals surface area contributed by atoms with Gasteiger partial charge in [-0.2, -0.15) is 0 Å². The maximum absolute atomic E-state index is 12.6. The van der Waals surface area contributed by atoms with E-state index in [1.54, 1.807) is 0 Å². The zero-order valence-electron chi connectivity index (χ0n) is 11.8. The largest absolute Gasteiger partial charge is 0.349 e. The number of hydrogen-bond acceptors (Lipinski definition) is 1. The Kier molecular flexibility index (Phi) is 3.65. The van der Waals surface area contributed by atoms with Gasteiger partial charge in [0.1, 0.15) is 0 Å². The average Bonchev–Trinajstić information content (AvgIpc) is 3.13. The molecule has 2 nitrogen and oxygen atoms in total. The summed E-state index contributed by atoms with van der Waals surface area (Å²) in [5.74, 6) is 3.53. The third-order valence-corrected chi connectivity index (χ3v) is 7.10. The number of benzene rings is 1. The number of rotatable bonds is 2. The highest BCUT2D eigenvalue weighted by molar-refractivity contribution is 9.11. The normalized spacial score (nSPS) is 36.8. The van der Waals surface area contributed by atoms with Gasteiger partial charge in [-0.25, -0.2) is 0 Å².